The molecule has 0 saturated carbocycles. The maximum absolute atomic E-state index is 12.9. The summed E-state index contributed by atoms with van der Waals surface area (Å²) in [5.41, 5.74) is 0.654. The molecular weight excluding hydrogens is 346 g/mol. The summed E-state index contributed by atoms with van der Waals surface area (Å²) in [5.74, 6) is 0.246. The van der Waals surface area contributed by atoms with E-state index in [1.807, 2.05) is 24.3 Å². The van der Waals surface area contributed by atoms with Gasteiger partial charge in [-0.05, 0) is 50.5 Å². The van der Waals surface area contributed by atoms with Crippen molar-refractivity contribution in [1.29, 1.82) is 0 Å². The average Bonchev–Trinajstić information content (AvgIpc) is 3.19. The first-order chi connectivity index (χ1) is 12.9. The van der Waals surface area contributed by atoms with Crippen LogP contribution >= 0.6 is 0 Å². The van der Waals surface area contributed by atoms with E-state index in [-0.39, 0.29) is 12.5 Å². The number of hydrogen-bond acceptors (Lipinski definition) is 4. The molecule has 1 aromatic carbocycles. The average molecular weight is 367 g/mol. The molecule has 4 amide bonds. The second kappa shape index (κ2) is 6.26. The van der Waals surface area contributed by atoms with Crippen molar-refractivity contribution >= 4 is 23.5 Å². The minimum absolute atomic E-state index is 0.273. The van der Waals surface area contributed by atoms with E-state index in [2.05, 4.69) is 5.32 Å². The molecule has 1 saturated heterocycles. The zero-order valence-electron chi connectivity index (χ0n) is 15.3. The van der Waals surface area contributed by atoms with E-state index in [0.29, 0.717) is 18.1 Å². The summed E-state index contributed by atoms with van der Waals surface area (Å²) in [6, 6.07) is 10.5. The van der Waals surface area contributed by atoms with Crippen LogP contribution in [0.15, 0.2) is 40.8 Å². The fourth-order valence-electron chi connectivity index (χ4n) is 3.72. The Bertz CT molecular complexity index is 935. The van der Waals surface area contributed by atoms with Gasteiger partial charge in [0.15, 0.2) is 5.54 Å². The summed E-state index contributed by atoms with van der Waals surface area (Å²) in [6.45, 7) is 3.64. The van der Waals surface area contributed by atoms with Crippen LogP contribution in [0, 0.1) is 6.92 Å². The Hall–Kier alpha value is -3.09. The molecule has 4 rings (SSSR count). The number of hydrogen-bond donors (Lipinski definition) is 1. The molecule has 0 radical (unpaired) electrons. The Kier molecular flexibility index (Phi) is 4.02. The lowest BCUT2D eigenvalue weighted by Gasteiger charge is -2.30. The molecule has 3 heterocycles. The van der Waals surface area contributed by atoms with Gasteiger partial charge in [-0.25, -0.2) is 4.79 Å². The normalized spacial score (nSPS) is 22.0. The molecular formula is C20H21N3O4. The minimum Gasteiger partial charge on any atom is -0.463 e. The van der Waals surface area contributed by atoms with Crippen molar-refractivity contribution in [3.8, 4) is 0 Å². The van der Waals surface area contributed by atoms with Gasteiger partial charge in [0, 0.05) is 12.2 Å². The van der Waals surface area contributed by atoms with Crippen LogP contribution in [-0.4, -0.2) is 35.8 Å². The topological polar surface area (TPSA) is 82.9 Å². The summed E-state index contributed by atoms with van der Waals surface area (Å²) >= 11 is 0. The van der Waals surface area contributed by atoms with Crippen LogP contribution in [0.5, 0.6) is 0 Å². The minimum atomic E-state index is -1.30. The number of aryl methyl sites for hydroxylation is 2. The van der Waals surface area contributed by atoms with Gasteiger partial charge in [0.1, 0.15) is 18.1 Å². The van der Waals surface area contributed by atoms with Gasteiger partial charge in [-0.15, -0.1) is 0 Å². The van der Waals surface area contributed by atoms with E-state index >= 15 is 0 Å². The summed E-state index contributed by atoms with van der Waals surface area (Å²) in [7, 11) is 0. The van der Waals surface area contributed by atoms with Gasteiger partial charge in [0.25, 0.3) is 5.91 Å². The van der Waals surface area contributed by atoms with E-state index in [1.54, 1.807) is 30.9 Å². The summed E-state index contributed by atoms with van der Waals surface area (Å²) in [4.78, 5) is 40.9. The molecule has 0 spiro atoms. The highest BCUT2D eigenvalue weighted by Crippen LogP contribution is 2.31. The number of nitrogens with zero attached hydrogens (tertiary/aromatic N) is 2. The monoisotopic (exact) mass is 367 g/mol. The largest absolute Gasteiger partial charge is 0.463 e. The zero-order chi connectivity index (χ0) is 19.2. The Balaban J connectivity index is 1.56. The highest BCUT2D eigenvalue weighted by atomic mass is 16.3. The second-order valence-corrected chi connectivity index (χ2v) is 7.13. The third-order valence-corrected chi connectivity index (χ3v) is 5.21. The lowest BCUT2D eigenvalue weighted by molar-refractivity contribution is -0.134. The Morgan fingerprint density at radius 2 is 2.00 bits per heavy atom. The maximum atomic E-state index is 12.9. The Morgan fingerprint density at radius 3 is 2.74 bits per heavy atom. The SMILES string of the molecule is Cc1ccc(C2(C)NC(=O)N(CC(=O)N3CCCc4ccccc43)C2=O)o1. The number of benzene rings is 1. The Labute approximate surface area is 156 Å². The third-order valence-electron chi connectivity index (χ3n) is 5.21. The van der Waals surface area contributed by atoms with Crippen molar-refractivity contribution in [1.82, 2.24) is 10.2 Å². The number of imide groups is 1. The van der Waals surface area contributed by atoms with Crippen LogP contribution in [0.25, 0.3) is 0 Å². The van der Waals surface area contributed by atoms with E-state index in [1.165, 1.54) is 0 Å². The molecule has 140 valence electrons. The predicted molar refractivity (Wildman–Crippen MR) is 98.2 cm³/mol. The lowest BCUT2D eigenvalue weighted by atomic mass is 9.99. The van der Waals surface area contributed by atoms with Crippen molar-refractivity contribution in [2.75, 3.05) is 18.0 Å². The molecule has 2 aliphatic heterocycles. The number of furan rings is 1. The zero-order valence-corrected chi connectivity index (χ0v) is 15.3. The molecule has 1 fully saturated rings. The number of carbonyl (C=O) groups is 3. The quantitative estimate of drug-likeness (QED) is 0.844. The number of rotatable bonds is 3. The highest BCUT2D eigenvalue weighted by molar-refractivity contribution is 6.10. The fourth-order valence-corrected chi connectivity index (χ4v) is 3.72. The van der Waals surface area contributed by atoms with Gasteiger partial charge in [-0.3, -0.25) is 14.5 Å². The van der Waals surface area contributed by atoms with Crippen LogP contribution in [0.2, 0.25) is 0 Å². The molecule has 7 heteroatoms. The number of nitrogens with one attached hydrogen (secondary N) is 1. The van der Waals surface area contributed by atoms with Crippen LogP contribution in [-0.2, 0) is 21.5 Å². The Morgan fingerprint density at radius 1 is 1.22 bits per heavy atom. The van der Waals surface area contributed by atoms with Gasteiger partial charge >= 0.3 is 6.03 Å². The van der Waals surface area contributed by atoms with E-state index in [0.717, 1.165) is 29.0 Å². The maximum Gasteiger partial charge on any atom is 0.325 e. The lowest BCUT2D eigenvalue weighted by Crippen LogP contribution is -2.46. The van der Waals surface area contributed by atoms with Crippen molar-refractivity contribution in [2.24, 2.45) is 0 Å². The molecule has 2 aliphatic rings. The van der Waals surface area contributed by atoms with Crippen molar-refractivity contribution in [2.45, 2.75) is 32.2 Å². The summed E-state index contributed by atoms with van der Waals surface area (Å²) in [5, 5.41) is 2.66. The van der Waals surface area contributed by atoms with Crippen LogP contribution < -0.4 is 10.2 Å². The van der Waals surface area contributed by atoms with Crippen molar-refractivity contribution in [3.63, 3.8) is 0 Å². The number of carbonyl (C=O) groups excluding carboxylic acids is 3. The number of fused-ring (bicyclic) bond motifs is 1. The molecule has 1 N–H and O–H groups in total. The number of urea groups is 1. The molecule has 0 bridgehead atoms. The second-order valence-electron chi connectivity index (χ2n) is 7.13. The molecule has 1 aromatic heterocycles. The first-order valence-electron chi connectivity index (χ1n) is 8.99. The van der Waals surface area contributed by atoms with Crippen LogP contribution in [0.3, 0.4) is 0 Å². The van der Waals surface area contributed by atoms with E-state index < -0.39 is 17.5 Å². The van der Waals surface area contributed by atoms with Gasteiger partial charge in [-0.1, -0.05) is 18.2 Å². The van der Waals surface area contributed by atoms with Crippen LogP contribution in [0.4, 0.5) is 10.5 Å². The predicted octanol–water partition coefficient (Wildman–Crippen LogP) is 2.33. The first kappa shape index (κ1) is 17.3. The smallest absolute Gasteiger partial charge is 0.325 e. The highest BCUT2D eigenvalue weighted by Gasteiger charge is 2.51. The standard InChI is InChI=1S/C20H21N3O4/c1-13-9-10-16(27-13)20(2)18(25)23(19(26)21-20)12-17(24)22-11-5-7-14-6-3-4-8-15(14)22/h3-4,6,8-10H,5,7,11-12H2,1-2H3,(H,21,26). The van der Waals surface area contributed by atoms with E-state index in [9.17, 15) is 14.4 Å². The van der Waals surface area contributed by atoms with Gasteiger partial charge < -0.3 is 14.6 Å². The first-order valence-corrected chi connectivity index (χ1v) is 8.99. The number of anilines is 1. The van der Waals surface area contributed by atoms with Crippen molar-refractivity contribution < 1.29 is 18.8 Å². The summed E-state index contributed by atoms with van der Waals surface area (Å²) in [6.07, 6.45) is 1.77. The third kappa shape index (κ3) is 2.79. The molecule has 0 aliphatic carbocycles. The van der Waals surface area contributed by atoms with Crippen LogP contribution in [0.1, 0.15) is 30.4 Å². The molecule has 1 unspecified atom stereocenters. The number of amides is 4. The van der Waals surface area contributed by atoms with Crippen molar-refractivity contribution in [3.05, 3.63) is 53.5 Å². The van der Waals surface area contributed by atoms with Gasteiger partial charge in [0.2, 0.25) is 5.91 Å². The van der Waals surface area contributed by atoms with Gasteiger partial charge in [-0.2, -0.15) is 0 Å². The van der Waals surface area contributed by atoms with E-state index in [4.69, 9.17) is 4.42 Å². The fraction of sp³-hybridized carbons (Fsp3) is 0.350. The summed E-state index contributed by atoms with van der Waals surface area (Å²) < 4.78 is 5.55. The van der Waals surface area contributed by atoms with Gasteiger partial charge in [0.05, 0.1) is 0 Å². The molecule has 1 atom stereocenters. The molecule has 7 nitrogen and oxygen atoms in total. The molecule has 27 heavy (non-hydrogen) atoms. The molecule has 2 aromatic rings. The number of para-hydroxylation sites is 1.